The fraction of sp³-hybridized carbons (Fsp3) is 0.333. The third-order valence-corrected chi connectivity index (χ3v) is 2.77. The molecule has 1 heterocycles. The van der Waals surface area contributed by atoms with Gasteiger partial charge < -0.3 is 10.5 Å². The number of sulfone groups is 1. The van der Waals surface area contributed by atoms with Gasteiger partial charge >= 0.3 is 0 Å². The number of hydrogen-bond acceptors (Lipinski definition) is 5. The molecule has 7 heteroatoms. The number of amides is 1. The van der Waals surface area contributed by atoms with Crippen LogP contribution >= 0.6 is 0 Å². The van der Waals surface area contributed by atoms with Gasteiger partial charge in [0.2, 0.25) is 11.8 Å². The molecule has 88 valence electrons. The lowest BCUT2D eigenvalue weighted by molar-refractivity contribution is -0.117. The minimum Gasteiger partial charge on any atom is -0.481 e. The van der Waals surface area contributed by atoms with Crippen LogP contribution in [0.3, 0.4) is 0 Å². The monoisotopic (exact) mass is 244 g/mol. The fourth-order valence-electron chi connectivity index (χ4n) is 1.13. The number of pyridine rings is 1. The van der Waals surface area contributed by atoms with Gasteiger partial charge in [0, 0.05) is 12.3 Å². The van der Waals surface area contributed by atoms with Crippen LogP contribution in [0.1, 0.15) is 5.56 Å². The summed E-state index contributed by atoms with van der Waals surface area (Å²) in [5.41, 5.74) is 5.48. The van der Waals surface area contributed by atoms with Gasteiger partial charge in [0.05, 0.1) is 13.5 Å². The second kappa shape index (κ2) is 4.48. The van der Waals surface area contributed by atoms with Gasteiger partial charge in [-0.05, 0) is 11.6 Å². The summed E-state index contributed by atoms with van der Waals surface area (Å²) in [4.78, 5) is 14.5. The molecule has 1 aromatic rings. The van der Waals surface area contributed by atoms with Crippen molar-refractivity contribution in [2.45, 2.75) is 11.4 Å². The van der Waals surface area contributed by atoms with Crippen molar-refractivity contribution in [3.63, 3.8) is 0 Å². The quantitative estimate of drug-likeness (QED) is 0.771. The van der Waals surface area contributed by atoms with E-state index in [0.29, 0.717) is 5.56 Å². The lowest BCUT2D eigenvalue weighted by Gasteiger charge is -2.05. The predicted octanol–water partition coefficient (Wildman–Crippen LogP) is -0.478. The van der Waals surface area contributed by atoms with Crippen LogP contribution in [0.5, 0.6) is 5.88 Å². The van der Waals surface area contributed by atoms with Crippen LogP contribution in [0.25, 0.3) is 0 Å². The molecule has 1 amide bonds. The fourth-order valence-corrected chi connectivity index (χ4v) is 1.75. The van der Waals surface area contributed by atoms with Crippen LogP contribution in [0.15, 0.2) is 17.2 Å². The van der Waals surface area contributed by atoms with Gasteiger partial charge in [-0.3, -0.25) is 4.79 Å². The van der Waals surface area contributed by atoms with Crippen molar-refractivity contribution in [3.05, 3.63) is 17.7 Å². The Kier molecular flexibility index (Phi) is 3.48. The van der Waals surface area contributed by atoms with Gasteiger partial charge in [-0.25, -0.2) is 13.4 Å². The molecule has 0 saturated heterocycles. The average molecular weight is 244 g/mol. The maximum absolute atomic E-state index is 11.3. The Labute approximate surface area is 93.4 Å². The first kappa shape index (κ1) is 12.4. The second-order valence-electron chi connectivity index (χ2n) is 3.27. The third-order valence-electron chi connectivity index (χ3n) is 1.81. The Bertz CT molecular complexity index is 510. The molecule has 0 aliphatic carbocycles. The van der Waals surface area contributed by atoms with Gasteiger partial charge in [0.15, 0.2) is 14.9 Å². The van der Waals surface area contributed by atoms with Crippen molar-refractivity contribution in [1.82, 2.24) is 4.98 Å². The first-order valence-electron chi connectivity index (χ1n) is 4.36. The number of methoxy groups -OCH3 is 1. The summed E-state index contributed by atoms with van der Waals surface area (Å²) in [6, 6.07) is 2.78. The molecule has 0 aliphatic rings. The molecule has 0 radical (unpaired) electrons. The zero-order chi connectivity index (χ0) is 12.3. The summed E-state index contributed by atoms with van der Waals surface area (Å²) in [7, 11) is -2.07. The zero-order valence-electron chi connectivity index (χ0n) is 8.93. The van der Waals surface area contributed by atoms with Gasteiger partial charge in [-0.1, -0.05) is 0 Å². The predicted molar refractivity (Wildman–Crippen MR) is 56.8 cm³/mol. The number of nitrogens with zero attached hydrogens (tertiary/aromatic N) is 1. The molecule has 0 fully saturated rings. The van der Waals surface area contributed by atoms with Crippen LogP contribution in [0, 0.1) is 0 Å². The molecule has 0 unspecified atom stereocenters. The van der Waals surface area contributed by atoms with Crippen LogP contribution in [-0.2, 0) is 21.1 Å². The molecule has 1 aromatic heterocycles. The summed E-state index contributed by atoms with van der Waals surface area (Å²) >= 11 is 0. The number of ether oxygens (including phenoxy) is 1. The lowest BCUT2D eigenvalue weighted by atomic mass is 10.2. The molecule has 16 heavy (non-hydrogen) atoms. The van der Waals surface area contributed by atoms with Gasteiger partial charge in [0.25, 0.3) is 0 Å². The SMILES string of the molecule is COc1cc(CC(N)=O)cc(S(C)(=O)=O)n1. The largest absolute Gasteiger partial charge is 0.481 e. The van der Waals surface area contributed by atoms with E-state index in [4.69, 9.17) is 10.5 Å². The van der Waals surface area contributed by atoms with E-state index in [9.17, 15) is 13.2 Å². The van der Waals surface area contributed by atoms with Crippen molar-refractivity contribution >= 4 is 15.7 Å². The summed E-state index contributed by atoms with van der Waals surface area (Å²) in [6.07, 6.45) is 0.976. The first-order valence-corrected chi connectivity index (χ1v) is 6.25. The maximum Gasteiger partial charge on any atom is 0.221 e. The van der Waals surface area contributed by atoms with Crippen molar-refractivity contribution in [1.29, 1.82) is 0 Å². The summed E-state index contributed by atoms with van der Waals surface area (Å²) in [5, 5.41) is -0.136. The highest BCUT2D eigenvalue weighted by molar-refractivity contribution is 7.90. The highest BCUT2D eigenvalue weighted by Gasteiger charge is 2.13. The van der Waals surface area contributed by atoms with E-state index in [-0.39, 0.29) is 17.3 Å². The van der Waals surface area contributed by atoms with Crippen LogP contribution in [0.4, 0.5) is 0 Å². The number of aromatic nitrogens is 1. The van der Waals surface area contributed by atoms with Gasteiger partial charge in [0.1, 0.15) is 0 Å². The molecular formula is C9H12N2O4S. The summed E-state index contributed by atoms with van der Waals surface area (Å²) < 4.78 is 27.5. The Balaban J connectivity index is 3.26. The van der Waals surface area contributed by atoms with Crippen molar-refractivity contribution < 1.29 is 17.9 Å². The molecule has 0 spiro atoms. The highest BCUT2D eigenvalue weighted by Crippen LogP contribution is 2.16. The summed E-state index contributed by atoms with van der Waals surface area (Å²) in [6.45, 7) is 0. The van der Waals surface area contributed by atoms with Crippen LogP contribution < -0.4 is 10.5 Å². The number of rotatable bonds is 4. The molecule has 0 aromatic carbocycles. The van der Waals surface area contributed by atoms with E-state index < -0.39 is 15.7 Å². The molecule has 0 atom stereocenters. The topological polar surface area (TPSA) is 99.4 Å². The molecule has 1 rings (SSSR count). The van der Waals surface area contributed by atoms with Crippen molar-refractivity contribution in [2.75, 3.05) is 13.4 Å². The van der Waals surface area contributed by atoms with E-state index in [2.05, 4.69) is 4.98 Å². The van der Waals surface area contributed by atoms with Gasteiger partial charge in [-0.15, -0.1) is 0 Å². The minimum atomic E-state index is -3.44. The van der Waals surface area contributed by atoms with E-state index in [1.807, 2.05) is 0 Å². The van der Waals surface area contributed by atoms with E-state index >= 15 is 0 Å². The third kappa shape index (κ3) is 3.20. The average Bonchev–Trinajstić information content (AvgIpc) is 2.14. The normalized spacial score (nSPS) is 11.1. The summed E-state index contributed by atoms with van der Waals surface area (Å²) in [5.74, 6) is -0.410. The van der Waals surface area contributed by atoms with E-state index in [1.54, 1.807) is 0 Å². The number of carbonyl (C=O) groups is 1. The van der Waals surface area contributed by atoms with Gasteiger partial charge in [-0.2, -0.15) is 0 Å². The maximum atomic E-state index is 11.3. The highest BCUT2D eigenvalue weighted by atomic mass is 32.2. The number of primary amides is 1. The molecule has 6 nitrogen and oxygen atoms in total. The Morgan fingerprint density at radius 2 is 2.12 bits per heavy atom. The smallest absolute Gasteiger partial charge is 0.221 e. The molecule has 0 saturated carbocycles. The molecule has 2 N–H and O–H groups in total. The number of carbonyl (C=O) groups excluding carboxylic acids is 1. The van der Waals surface area contributed by atoms with Crippen LogP contribution in [0.2, 0.25) is 0 Å². The van der Waals surface area contributed by atoms with Crippen LogP contribution in [-0.4, -0.2) is 32.7 Å². The van der Waals surface area contributed by atoms with E-state index in [1.165, 1.54) is 19.2 Å². The molecule has 0 aliphatic heterocycles. The van der Waals surface area contributed by atoms with Crippen molar-refractivity contribution in [3.8, 4) is 5.88 Å². The standard InChI is InChI=1S/C9H12N2O4S/c1-15-8-4-6(3-7(10)12)5-9(11-8)16(2,13)14/h4-5H,3H2,1-2H3,(H2,10,12). The Hall–Kier alpha value is -1.63. The zero-order valence-corrected chi connectivity index (χ0v) is 9.74. The van der Waals surface area contributed by atoms with Crippen molar-refractivity contribution in [2.24, 2.45) is 5.73 Å². The minimum absolute atomic E-state index is 0.0542. The van der Waals surface area contributed by atoms with E-state index in [0.717, 1.165) is 6.26 Å². The number of nitrogens with two attached hydrogens (primary N) is 1. The molecular weight excluding hydrogens is 232 g/mol. The second-order valence-corrected chi connectivity index (χ2v) is 5.23. The first-order chi connectivity index (χ1) is 7.32. The Morgan fingerprint density at radius 1 is 1.50 bits per heavy atom. The Morgan fingerprint density at radius 3 is 2.56 bits per heavy atom. The lowest BCUT2D eigenvalue weighted by Crippen LogP contribution is -2.14. The number of hydrogen-bond donors (Lipinski definition) is 1. The molecule has 0 bridgehead atoms.